The molecule has 0 aliphatic heterocycles. The first-order valence-corrected chi connectivity index (χ1v) is 8.15. The van der Waals surface area contributed by atoms with E-state index in [-0.39, 0.29) is 12.5 Å². The summed E-state index contributed by atoms with van der Waals surface area (Å²) in [5.41, 5.74) is 2.60. The topological polar surface area (TPSA) is 73.5 Å². The number of nitrogens with one attached hydrogen (secondary N) is 3. The van der Waals surface area contributed by atoms with E-state index in [0.717, 1.165) is 11.3 Å². The van der Waals surface area contributed by atoms with Crippen molar-refractivity contribution in [1.29, 1.82) is 0 Å². The summed E-state index contributed by atoms with van der Waals surface area (Å²) in [7, 11) is 3.89. The molecule has 0 unspecified atom stereocenters. The average Bonchev–Trinajstić information content (AvgIpc) is 2.58. The van der Waals surface area contributed by atoms with E-state index in [1.54, 1.807) is 12.1 Å². The number of hydrogen-bond donors (Lipinski definition) is 3. The summed E-state index contributed by atoms with van der Waals surface area (Å²) in [5, 5.41) is 8.52. The highest BCUT2D eigenvalue weighted by Crippen LogP contribution is 2.15. The molecule has 0 radical (unpaired) electrons. The van der Waals surface area contributed by atoms with E-state index < -0.39 is 6.03 Å². The number of carbonyl (C=O) groups is 2. The summed E-state index contributed by atoms with van der Waals surface area (Å²) >= 11 is 5.88. The molecule has 0 aliphatic rings. The lowest BCUT2D eigenvalue weighted by Crippen LogP contribution is -2.39. The van der Waals surface area contributed by atoms with Gasteiger partial charge in [-0.05, 0) is 42.0 Å². The Labute approximate surface area is 152 Å². The Morgan fingerprint density at radius 1 is 1.04 bits per heavy atom. The molecule has 25 heavy (non-hydrogen) atoms. The van der Waals surface area contributed by atoms with Crippen LogP contribution in [0.25, 0.3) is 0 Å². The van der Waals surface area contributed by atoms with Gasteiger partial charge in [0, 0.05) is 37.0 Å². The molecule has 7 heteroatoms. The lowest BCUT2D eigenvalue weighted by molar-refractivity contribution is -0.115. The van der Waals surface area contributed by atoms with Crippen molar-refractivity contribution in [2.75, 3.05) is 30.9 Å². The smallest absolute Gasteiger partial charge is 0.315 e. The molecule has 6 nitrogen and oxygen atoms in total. The molecule has 0 aliphatic carbocycles. The van der Waals surface area contributed by atoms with Gasteiger partial charge < -0.3 is 20.9 Å². The van der Waals surface area contributed by atoms with Gasteiger partial charge in [0.25, 0.3) is 0 Å². The molecule has 0 aromatic heterocycles. The largest absolute Gasteiger partial charge is 0.378 e. The van der Waals surface area contributed by atoms with Crippen LogP contribution >= 0.6 is 11.6 Å². The number of anilines is 2. The zero-order valence-electron chi connectivity index (χ0n) is 14.2. The zero-order chi connectivity index (χ0) is 18.2. The number of urea groups is 1. The molecule has 2 aromatic rings. The lowest BCUT2D eigenvalue weighted by Gasteiger charge is -2.13. The van der Waals surface area contributed by atoms with Gasteiger partial charge in [-0.2, -0.15) is 0 Å². The van der Waals surface area contributed by atoms with Gasteiger partial charge in [-0.3, -0.25) is 4.79 Å². The van der Waals surface area contributed by atoms with E-state index in [0.29, 0.717) is 17.3 Å². The maximum atomic E-state index is 11.9. The van der Waals surface area contributed by atoms with Crippen LogP contribution < -0.4 is 20.9 Å². The second-order valence-corrected chi connectivity index (χ2v) is 6.09. The van der Waals surface area contributed by atoms with E-state index in [1.807, 2.05) is 55.4 Å². The quantitative estimate of drug-likeness (QED) is 0.741. The van der Waals surface area contributed by atoms with Crippen LogP contribution in [0.4, 0.5) is 16.2 Å². The van der Waals surface area contributed by atoms with Crippen molar-refractivity contribution in [3.8, 4) is 0 Å². The molecular formula is C18H21ClN4O2. The number of benzene rings is 2. The predicted molar refractivity (Wildman–Crippen MR) is 101 cm³/mol. The molecule has 0 saturated carbocycles. The minimum absolute atomic E-state index is 0.114. The summed E-state index contributed by atoms with van der Waals surface area (Å²) in [6.07, 6.45) is 0. The maximum Gasteiger partial charge on any atom is 0.315 e. The van der Waals surface area contributed by atoms with Gasteiger partial charge in [0.2, 0.25) is 5.91 Å². The molecule has 2 rings (SSSR count). The summed E-state index contributed by atoms with van der Waals surface area (Å²) in [6.45, 7) is 0.219. The highest BCUT2D eigenvalue weighted by Gasteiger charge is 2.06. The number of nitrogens with zero attached hydrogens (tertiary/aromatic N) is 1. The number of rotatable bonds is 6. The van der Waals surface area contributed by atoms with Crippen LogP contribution in [-0.2, 0) is 11.3 Å². The Morgan fingerprint density at radius 3 is 2.40 bits per heavy atom. The van der Waals surface area contributed by atoms with Crippen LogP contribution in [0.1, 0.15) is 5.56 Å². The van der Waals surface area contributed by atoms with Gasteiger partial charge in [-0.1, -0.05) is 23.7 Å². The molecule has 3 amide bonds. The minimum Gasteiger partial charge on any atom is -0.378 e. The van der Waals surface area contributed by atoms with E-state index >= 15 is 0 Å². The van der Waals surface area contributed by atoms with Crippen molar-refractivity contribution < 1.29 is 9.59 Å². The molecule has 0 bridgehead atoms. The minimum atomic E-state index is -0.418. The van der Waals surface area contributed by atoms with Crippen LogP contribution in [-0.4, -0.2) is 32.6 Å². The number of amides is 3. The Bertz CT molecular complexity index is 732. The molecule has 0 atom stereocenters. The van der Waals surface area contributed by atoms with Crippen molar-refractivity contribution in [2.24, 2.45) is 0 Å². The Balaban J connectivity index is 1.72. The third kappa shape index (κ3) is 6.35. The van der Waals surface area contributed by atoms with Gasteiger partial charge in [-0.25, -0.2) is 4.79 Å². The second-order valence-electron chi connectivity index (χ2n) is 5.66. The highest BCUT2D eigenvalue weighted by atomic mass is 35.5. The van der Waals surface area contributed by atoms with Crippen molar-refractivity contribution in [1.82, 2.24) is 10.6 Å². The number of halogens is 1. The van der Waals surface area contributed by atoms with Gasteiger partial charge in [0.05, 0.1) is 6.54 Å². The van der Waals surface area contributed by atoms with Crippen molar-refractivity contribution in [3.63, 3.8) is 0 Å². The standard InChI is InChI=1S/C18H21ClN4O2/c1-23(2)16-8-6-15(7-9-16)22-17(24)12-21-18(25)20-11-13-4-3-5-14(19)10-13/h3-10H,11-12H2,1-2H3,(H,22,24)(H2,20,21,25). The van der Waals surface area contributed by atoms with Gasteiger partial charge >= 0.3 is 6.03 Å². The van der Waals surface area contributed by atoms with Gasteiger partial charge in [0.15, 0.2) is 0 Å². The van der Waals surface area contributed by atoms with E-state index in [9.17, 15) is 9.59 Å². The monoisotopic (exact) mass is 360 g/mol. The molecule has 0 spiro atoms. The Hall–Kier alpha value is -2.73. The first-order chi connectivity index (χ1) is 11.9. The molecule has 0 fully saturated rings. The van der Waals surface area contributed by atoms with Crippen LogP contribution in [0, 0.1) is 0 Å². The second kappa shape index (κ2) is 8.94. The highest BCUT2D eigenvalue weighted by molar-refractivity contribution is 6.30. The van der Waals surface area contributed by atoms with Crippen LogP contribution in [0.15, 0.2) is 48.5 Å². The number of hydrogen-bond acceptors (Lipinski definition) is 3. The van der Waals surface area contributed by atoms with Crippen LogP contribution in [0.3, 0.4) is 0 Å². The van der Waals surface area contributed by atoms with Gasteiger partial charge in [-0.15, -0.1) is 0 Å². The zero-order valence-corrected chi connectivity index (χ0v) is 14.9. The average molecular weight is 361 g/mol. The normalized spacial score (nSPS) is 10.0. The Kier molecular flexibility index (Phi) is 6.65. The van der Waals surface area contributed by atoms with E-state index in [1.165, 1.54) is 0 Å². The fourth-order valence-corrected chi connectivity index (χ4v) is 2.31. The van der Waals surface area contributed by atoms with Gasteiger partial charge in [0.1, 0.15) is 0 Å². The molecule has 0 saturated heterocycles. The third-order valence-electron chi connectivity index (χ3n) is 3.42. The fourth-order valence-electron chi connectivity index (χ4n) is 2.10. The fraction of sp³-hybridized carbons (Fsp3) is 0.222. The summed E-state index contributed by atoms with van der Waals surface area (Å²) in [6, 6.07) is 14.2. The summed E-state index contributed by atoms with van der Waals surface area (Å²) in [4.78, 5) is 25.6. The molecule has 2 aromatic carbocycles. The van der Waals surface area contributed by atoms with E-state index in [2.05, 4.69) is 16.0 Å². The number of carbonyl (C=O) groups excluding carboxylic acids is 2. The molecule has 0 heterocycles. The molecule has 3 N–H and O–H groups in total. The van der Waals surface area contributed by atoms with Crippen LogP contribution in [0.2, 0.25) is 5.02 Å². The lowest BCUT2D eigenvalue weighted by atomic mass is 10.2. The predicted octanol–water partition coefficient (Wildman–Crippen LogP) is 2.84. The first-order valence-electron chi connectivity index (χ1n) is 7.77. The van der Waals surface area contributed by atoms with Crippen LogP contribution in [0.5, 0.6) is 0 Å². The maximum absolute atomic E-state index is 11.9. The Morgan fingerprint density at radius 2 is 1.76 bits per heavy atom. The third-order valence-corrected chi connectivity index (χ3v) is 3.65. The molecule has 132 valence electrons. The van der Waals surface area contributed by atoms with E-state index in [4.69, 9.17) is 11.6 Å². The SMILES string of the molecule is CN(C)c1ccc(NC(=O)CNC(=O)NCc2cccc(Cl)c2)cc1. The molecular weight excluding hydrogens is 340 g/mol. The van der Waals surface area contributed by atoms with Crippen molar-refractivity contribution in [2.45, 2.75) is 6.54 Å². The van der Waals surface area contributed by atoms with Crippen molar-refractivity contribution in [3.05, 3.63) is 59.1 Å². The first kappa shape index (κ1) is 18.6. The van der Waals surface area contributed by atoms with Crippen molar-refractivity contribution >= 4 is 34.9 Å². The summed E-state index contributed by atoms with van der Waals surface area (Å²) in [5.74, 6) is -0.296. The summed E-state index contributed by atoms with van der Waals surface area (Å²) < 4.78 is 0.